The molecule has 0 bridgehead atoms. The number of urea groups is 1. The first-order valence-electron chi connectivity index (χ1n) is 8.27. The van der Waals surface area contributed by atoms with Crippen LogP contribution >= 0.6 is 0 Å². The summed E-state index contributed by atoms with van der Waals surface area (Å²) in [5.41, 5.74) is -0.170. The third-order valence-corrected chi connectivity index (χ3v) is 4.81. The van der Waals surface area contributed by atoms with Crippen LogP contribution in [0.3, 0.4) is 0 Å². The molecular weight excluding hydrogens is 334 g/mol. The molecule has 136 valence electrons. The van der Waals surface area contributed by atoms with E-state index >= 15 is 0 Å². The monoisotopic (exact) mass is 354 g/mol. The van der Waals surface area contributed by atoms with Crippen LogP contribution in [0.5, 0.6) is 0 Å². The second-order valence-corrected chi connectivity index (χ2v) is 6.33. The van der Waals surface area contributed by atoms with E-state index in [1.165, 1.54) is 17.0 Å². The number of nitrogens with zero attached hydrogens (tertiary/aromatic N) is 3. The summed E-state index contributed by atoms with van der Waals surface area (Å²) in [5.74, 6) is 0.373. The predicted octanol–water partition coefficient (Wildman–Crippen LogP) is 2.84. The highest BCUT2D eigenvalue weighted by Crippen LogP contribution is 2.28. The van der Waals surface area contributed by atoms with Crippen LogP contribution in [0.2, 0.25) is 0 Å². The fraction of sp³-hybridized carbons (Fsp3) is 0.562. The van der Waals surface area contributed by atoms with E-state index in [0.717, 1.165) is 19.0 Å². The van der Waals surface area contributed by atoms with Crippen molar-refractivity contribution in [1.82, 2.24) is 15.2 Å². The minimum Gasteiger partial charge on any atom is -0.465 e. The molecule has 0 aromatic carbocycles. The number of amides is 3. The van der Waals surface area contributed by atoms with Gasteiger partial charge in [0.15, 0.2) is 0 Å². The van der Waals surface area contributed by atoms with Crippen molar-refractivity contribution in [2.75, 3.05) is 18.0 Å². The summed E-state index contributed by atoms with van der Waals surface area (Å²) in [6.45, 7) is 1.02. The van der Waals surface area contributed by atoms with Crippen molar-refractivity contribution in [1.29, 1.82) is 0 Å². The molecule has 0 radical (unpaired) electrons. The number of hydrogen-bond acceptors (Lipinski definition) is 3. The second-order valence-electron chi connectivity index (χ2n) is 6.33. The van der Waals surface area contributed by atoms with E-state index in [4.69, 9.17) is 5.11 Å². The molecule has 0 atom stereocenters. The van der Waals surface area contributed by atoms with E-state index in [1.807, 2.05) is 0 Å². The Morgan fingerprint density at radius 2 is 1.96 bits per heavy atom. The van der Waals surface area contributed by atoms with Gasteiger partial charge in [0.2, 0.25) is 0 Å². The second kappa shape index (κ2) is 7.20. The number of carbonyl (C=O) groups is 2. The first-order valence-corrected chi connectivity index (χ1v) is 8.27. The Balaban J connectivity index is 1.59. The number of carboxylic acid groups (broad SMARTS) is 1. The van der Waals surface area contributed by atoms with Crippen molar-refractivity contribution in [3.63, 3.8) is 0 Å². The molecule has 1 saturated heterocycles. The van der Waals surface area contributed by atoms with Gasteiger partial charge in [-0.15, -0.1) is 0 Å². The first kappa shape index (κ1) is 17.4. The Labute approximate surface area is 143 Å². The molecule has 2 N–H and O–H groups in total. The standard InChI is InChI=1S/C16H20F2N4O3/c17-14(18)10-1-6-13(19-9-10)22-8-7-21(16(22)25)12-4-2-11(3-5-12)20-15(23)24/h1,6,9,11-12,14,20H,2-5,7-8H2,(H,23,24). The fourth-order valence-corrected chi connectivity index (χ4v) is 3.50. The van der Waals surface area contributed by atoms with Gasteiger partial charge in [0.25, 0.3) is 6.43 Å². The van der Waals surface area contributed by atoms with Crippen molar-refractivity contribution in [2.24, 2.45) is 0 Å². The molecule has 9 heteroatoms. The number of nitrogens with one attached hydrogen (secondary N) is 1. The van der Waals surface area contributed by atoms with Crippen LogP contribution in [0, 0.1) is 0 Å². The Hall–Kier alpha value is -2.45. The van der Waals surface area contributed by atoms with Crippen LogP contribution in [0.1, 0.15) is 37.7 Å². The van der Waals surface area contributed by atoms with Crippen LogP contribution in [-0.4, -0.2) is 52.3 Å². The van der Waals surface area contributed by atoms with E-state index < -0.39 is 12.5 Å². The van der Waals surface area contributed by atoms with Gasteiger partial charge in [-0.3, -0.25) is 4.90 Å². The lowest BCUT2D eigenvalue weighted by molar-refractivity contribution is 0.151. The lowest BCUT2D eigenvalue weighted by atomic mass is 9.90. The molecule has 1 saturated carbocycles. The maximum absolute atomic E-state index is 12.6. The number of aromatic nitrogens is 1. The lowest BCUT2D eigenvalue weighted by Gasteiger charge is -2.34. The molecule has 0 spiro atoms. The fourth-order valence-electron chi connectivity index (χ4n) is 3.50. The maximum atomic E-state index is 12.6. The Bertz CT molecular complexity index is 633. The largest absolute Gasteiger partial charge is 0.465 e. The molecule has 2 heterocycles. The van der Waals surface area contributed by atoms with Gasteiger partial charge < -0.3 is 15.3 Å². The van der Waals surface area contributed by atoms with Gasteiger partial charge in [-0.05, 0) is 37.8 Å². The summed E-state index contributed by atoms with van der Waals surface area (Å²) in [4.78, 5) is 30.6. The van der Waals surface area contributed by atoms with Gasteiger partial charge in [-0.1, -0.05) is 0 Å². The van der Waals surface area contributed by atoms with Gasteiger partial charge in [0.1, 0.15) is 5.82 Å². The number of alkyl halides is 2. The van der Waals surface area contributed by atoms with E-state index in [2.05, 4.69) is 10.3 Å². The Kier molecular flexibility index (Phi) is 5.00. The molecule has 1 aromatic rings. The SMILES string of the molecule is O=C(O)NC1CCC(N2CCN(c3ccc(C(F)F)cn3)C2=O)CC1. The predicted molar refractivity (Wildman–Crippen MR) is 85.8 cm³/mol. The summed E-state index contributed by atoms with van der Waals surface area (Å²) in [6, 6.07) is 2.56. The molecule has 0 unspecified atom stereocenters. The van der Waals surface area contributed by atoms with E-state index in [-0.39, 0.29) is 23.7 Å². The molecule has 7 nitrogen and oxygen atoms in total. The topological polar surface area (TPSA) is 85.8 Å². The summed E-state index contributed by atoms with van der Waals surface area (Å²) in [5, 5.41) is 11.2. The molecule has 1 aliphatic carbocycles. The molecule has 3 amide bonds. The highest BCUT2D eigenvalue weighted by atomic mass is 19.3. The smallest absolute Gasteiger partial charge is 0.404 e. The Morgan fingerprint density at radius 3 is 2.52 bits per heavy atom. The zero-order chi connectivity index (χ0) is 18.0. The van der Waals surface area contributed by atoms with Gasteiger partial charge in [-0.25, -0.2) is 23.4 Å². The van der Waals surface area contributed by atoms with E-state index in [0.29, 0.717) is 31.7 Å². The van der Waals surface area contributed by atoms with Gasteiger partial charge in [0.05, 0.1) is 0 Å². The van der Waals surface area contributed by atoms with Gasteiger partial charge >= 0.3 is 12.1 Å². The average molecular weight is 354 g/mol. The van der Waals surface area contributed by atoms with Crippen molar-refractivity contribution in [3.05, 3.63) is 23.9 Å². The zero-order valence-corrected chi connectivity index (χ0v) is 13.6. The van der Waals surface area contributed by atoms with Crippen LogP contribution in [-0.2, 0) is 0 Å². The minimum absolute atomic E-state index is 0.0638. The third-order valence-electron chi connectivity index (χ3n) is 4.81. The highest BCUT2D eigenvalue weighted by Gasteiger charge is 2.37. The summed E-state index contributed by atoms with van der Waals surface area (Å²) in [6.07, 6.45) is 0.361. The number of anilines is 1. The summed E-state index contributed by atoms with van der Waals surface area (Å²) in [7, 11) is 0. The molecule has 3 rings (SSSR count). The highest BCUT2D eigenvalue weighted by molar-refractivity contribution is 5.93. The van der Waals surface area contributed by atoms with Crippen LogP contribution in [0.25, 0.3) is 0 Å². The number of carbonyl (C=O) groups excluding carboxylic acids is 1. The summed E-state index contributed by atoms with van der Waals surface area (Å²) >= 11 is 0. The van der Waals surface area contributed by atoms with Crippen LogP contribution < -0.4 is 10.2 Å². The maximum Gasteiger partial charge on any atom is 0.404 e. The first-order chi connectivity index (χ1) is 12.0. The molecular formula is C16H20F2N4O3. The van der Waals surface area contributed by atoms with Gasteiger partial charge in [-0.2, -0.15) is 0 Å². The normalized spacial score (nSPS) is 24.0. The van der Waals surface area contributed by atoms with Crippen LogP contribution in [0.4, 0.5) is 24.2 Å². The zero-order valence-electron chi connectivity index (χ0n) is 13.6. The average Bonchev–Trinajstić information content (AvgIpc) is 2.97. The lowest BCUT2D eigenvalue weighted by Crippen LogP contribution is -2.45. The van der Waals surface area contributed by atoms with Crippen molar-refractivity contribution < 1.29 is 23.5 Å². The Morgan fingerprint density at radius 1 is 1.24 bits per heavy atom. The van der Waals surface area contributed by atoms with Crippen LogP contribution in [0.15, 0.2) is 18.3 Å². The van der Waals surface area contributed by atoms with Crippen molar-refractivity contribution in [3.8, 4) is 0 Å². The van der Waals surface area contributed by atoms with Gasteiger partial charge in [0, 0.05) is 36.9 Å². The molecule has 1 aromatic heterocycles. The van der Waals surface area contributed by atoms with E-state index in [9.17, 15) is 18.4 Å². The number of pyridine rings is 1. The van der Waals surface area contributed by atoms with Crippen molar-refractivity contribution >= 4 is 17.9 Å². The molecule has 2 fully saturated rings. The number of halogens is 2. The number of hydrogen-bond donors (Lipinski definition) is 2. The van der Waals surface area contributed by atoms with E-state index in [1.54, 1.807) is 4.90 Å². The van der Waals surface area contributed by atoms with Crippen molar-refractivity contribution in [2.45, 2.75) is 44.2 Å². The quantitative estimate of drug-likeness (QED) is 0.871. The minimum atomic E-state index is -2.58. The molecule has 1 aliphatic heterocycles. The molecule has 25 heavy (non-hydrogen) atoms. The molecule has 2 aliphatic rings. The number of rotatable bonds is 4. The third kappa shape index (κ3) is 3.80. The summed E-state index contributed by atoms with van der Waals surface area (Å²) < 4.78 is 25.2.